The first-order chi connectivity index (χ1) is 13.0. The largest absolute Gasteiger partial charge is 0.356 e. The molecule has 0 unspecified atom stereocenters. The Morgan fingerprint density at radius 3 is 2.15 bits per heavy atom. The molecule has 27 heavy (non-hydrogen) atoms. The molecule has 2 nitrogen and oxygen atoms in total. The molecule has 0 amide bonds. The molecular formula is C25H34N2. The van der Waals surface area contributed by atoms with Crippen molar-refractivity contribution in [3.05, 3.63) is 77.9 Å². The number of rotatable bonds is 7. The van der Waals surface area contributed by atoms with Gasteiger partial charge in [0.05, 0.1) is 6.67 Å². The summed E-state index contributed by atoms with van der Waals surface area (Å²) in [5, 5.41) is 0. The maximum atomic E-state index is 3.99. The van der Waals surface area contributed by atoms with Crippen molar-refractivity contribution in [1.29, 1.82) is 0 Å². The fraction of sp³-hybridized carbons (Fsp3) is 0.440. The highest BCUT2D eigenvalue weighted by Crippen LogP contribution is 2.37. The van der Waals surface area contributed by atoms with Crippen LogP contribution in [0.1, 0.15) is 56.2 Å². The zero-order chi connectivity index (χ0) is 19.4. The van der Waals surface area contributed by atoms with Crippen LogP contribution in [0.5, 0.6) is 0 Å². The van der Waals surface area contributed by atoms with Crippen LogP contribution in [-0.2, 0) is 6.42 Å². The van der Waals surface area contributed by atoms with Crippen LogP contribution in [-0.4, -0.2) is 30.7 Å². The first-order valence-corrected chi connectivity index (χ1v) is 10.3. The third kappa shape index (κ3) is 4.44. The van der Waals surface area contributed by atoms with E-state index in [2.05, 4.69) is 92.6 Å². The van der Waals surface area contributed by atoms with Crippen molar-refractivity contribution in [3.8, 4) is 0 Å². The molecule has 2 heteroatoms. The van der Waals surface area contributed by atoms with Gasteiger partial charge in [0, 0.05) is 24.8 Å². The van der Waals surface area contributed by atoms with Crippen LogP contribution in [0.2, 0.25) is 0 Å². The van der Waals surface area contributed by atoms with Gasteiger partial charge in [-0.3, -0.25) is 4.90 Å². The predicted molar refractivity (Wildman–Crippen MR) is 118 cm³/mol. The first-order valence-electron chi connectivity index (χ1n) is 10.3. The third-order valence-corrected chi connectivity index (χ3v) is 5.64. The Morgan fingerprint density at radius 1 is 0.963 bits per heavy atom. The van der Waals surface area contributed by atoms with E-state index in [9.17, 15) is 0 Å². The zero-order valence-corrected chi connectivity index (χ0v) is 17.4. The van der Waals surface area contributed by atoms with E-state index in [-0.39, 0.29) is 0 Å². The number of hydrogen-bond donors (Lipinski definition) is 0. The summed E-state index contributed by atoms with van der Waals surface area (Å²) in [4.78, 5) is 5.18. The van der Waals surface area contributed by atoms with Crippen LogP contribution in [0.25, 0.3) is 0 Å². The molecule has 0 N–H and O–H groups in total. The number of anilines is 1. The normalized spacial score (nSPS) is 17.9. The summed E-state index contributed by atoms with van der Waals surface area (Å²) in [5.41, 5.74) is 5.83. The van der Waals surface area contributed by atoms with Crippen LogP contribution < -0.4 is 4.90 Å². The topological polar surface area (TPSA) is 6.48 Å². The summed E-state index contributed by atoms with van der Waals surface area (Å²) in [6.45, 7) is 16.2. The lowest BCUT2D eigenvalue weighted by Crippen LogP contribution is -2.32. The lowest BCUT2D eigenvalue weighted by atomic mass is 9.92. The molecule has 1 aliphatic heterocycles. The van der Waals surface area contributed by atoms with E-state index in [1.54, 1.807) is 0 Å². The van der Waals surface area contributed by atoms with E-state index in [1.807, 2.05) is 6.08 Å². The molecule has 0 bridgehead atoms. The van der Waals surface area contributed by atoms with Crippen molar-refractivity contribution in [3.63, 3.8) is 0 Å². The van der Waals surface area contributed by atoms with Gasteiger partial charge in [0.1, 0.15) is 0 Å². The van der Waals surface area contributed by atoms with Gasteiger partial charge in [-0.25, -0.2) is 0 Å². The van der Waals surface area contributed by atoms with Gasteiger partial charge in [-0.05, 0) is 34.9 Å². The van der Waals surface area contributed by atoms with Crippen molar-refractivity contribution in [1.82, 2.24) is 4.90 Å². The summed E-state index contributed by atoms with van der Waals surface area (Å²) >= 11 is 0. The Labute approximate surface area is 165 Å². The van der Waals surface area contributed by atoms with Gasteiger partial charge >= 0.3 is 0 Å². The highest BCUT2D eigenvalue weighted by Gasteiger charge is 2.32. The molecule has 144 valence electrons. The first kappa shape index (κ1) is 19.7. The Morgan fingerprint density at radius 2 is 1.59 bits per heavy atom. The molecule has 2 aromatic rings. The summed E-state index contributed by atoms with van der Waals surface area (Å²) in [6.07, 6.45) is 3.13. The lowest BCUT2D eigenvalue weighted by molar-refractivity contribution is 0.286. The summed E-state index contributed by atoms with van der Waals surface area (Å²) in [7, 11) is 0. The standard InChI is InChI=1S/C25H34N2/c1-6-15-26-18-27(17-22(26)16-21-11-8-7-9-12-21)25-23(19(2)3)13-10-14-24(25)20(4)5/h6-14,19-20,22H,1,15-18H2,2-5H3/t22-/m0/s1. The molecule has 0 aliphatic carbocycles. The smallest absolute Gasteiger partial charge is 0.0713 e. The molecule has 1 fully saturated rings. The average Bonchev–Trinajstić information content (AvgIpc) is 3.04. The van der Waals surface area contributed by atoms with Crippen molar-refractivity contribution < 1.29 is 0 Å². The zero-order valence-electron chi connectivity index (χ0n) is 17.4. The van der Waals surface area contributed by atoms with E-state index in [4.69, 9.17) is 0 Å². The third-order valence-electron chi connectivity index (χ3n) is 5.64. The van der Waals surface area contributed by atoms with Gasteiger partial charge in [-0.1, -0.05) is 82.3 Å². The number of nitrogens with zero attached hydrogens (tertiary/aromatic N) is 2. The average molecular weight is 363 g/mol. The Balaban J connectivity index is 1.92. The van der Waals surface area contributed by atoms with E-state index in [1.165, 1.54) is 22.4 Å². The second-order valence-corrected chi connectivity index (χ2v) is 8.36. The minimum Gasteiger partial charge on any atom is -0.356 e. The van der Waals surface area contributed by atoms with E-state index >= 15 is 0 Å². The Kier molecular flexibility index (Phi) is 6.38. The molecule has 1 aliphatic rings. The van der Waals surface area contributed by atoms with Gasteiger partial charge in [-0.15, -0.1) is 6.58 Å². The molecule has 3 rings (SSSR count). The second-order valence-electron chi connectivity index (χ2n) is 8.36. The van der Waals surface area contributed by atoms with Gasteiger partial charge in [-0.2, -0.15) is 0 Å². The fourth-order valence-electron chi connectivity index (χ4n) is 4.25. The molecule has 0 saturated carbocycles. The molecular weight excluding hydrogens is 328 g/mol. The Bertz CT molecular complexity index is 722. The van der Waals surface area contributed by atoms with Crippen molar-refractivity contribution in [2.45, 2.75) is 52.0 Å². The number of para-hydroxylation sites is 1. The van der Waals surface area contributed by atoms with Crippen LogP contribution in [0.15, 0.2) is 61.2 Å². The monoisotopic (exact) mass is 362 g/mol. The summed E-state index contributed by atoms with van der Waals surface area (Å²) in [6, 6.07) is 18.3. The predicted octanol–water partition coefficient (Wildman–Crippen LogP) is 5.81. The Hall–Kier alpha value is -2.06. The van der Waals surface area contributed by atoms with Crippen LogP contribution in [0.4, 0.5) is 5.69 Å². The highest BCUT2D eigenvalue weighted by atomic mass is 15.4. The molecule has 1 heterocycles. The van der Waals surface area contributed by atoms with Crippen molar-refractivity contribution >= 4 is 5.69 Å². The molecule has 1 saturated heterocycles. The molecule has 0 spiro atoms. The van der Waals surface area contributed by atoms with Gasteiger partial charge in [0.25, 0.3) is 0 Å². The van der Waals surface area contributed by atoms with Gasteiger partial charge in [0.2, 0.25) is 0 Å². The van der Waals surface area contributed by atoms with Crippen LogP contribution >= 0.6 is 0 Å². The van der Waals surface area contributed by atoms with E-state index in [0.29, 0.717) is 17.9 Å². The maximum absolute atomic E-state index is 3.99. The molecule has 1 atom stereocenters. The van der Waals surface area contributed by atoms with Gasteiger partial charge in [0.15, 0.2) is 0 Å². The minimum atomic E-state index is 0.519. The lowest BCUT2D eigenvalue weighted by Gasteiger charge is -2.28. The minimum absolute atomic E-state index is 0.519. The van der Waals surface area contributed by atoms with Crippen LogP contribution in [0.3, 0.4) is 0 Å². The summed E-state index contributed by atoms with van der Waals surface area (Å²) < 4.78 is 0. The SMILES string of the molecule is C=CCN1CN(c2c(C(C)C)cccc2C(C)C)C[C@@H]1Cc1ccccc1. The van der Waals surface area contributed by atoms with Crippen molar-refractivity contribution in [2.24, 2.45) is 0 Å². The number of benzene rings is 2. The van der Waals surface area contributed by atoms with Gasteiger partial charge < -0.3 is 4.90 Å². The van der Waals surface area contributed by atoms with Crippen molar-refractivity contribution in [2.75, 3.05) is 24.7 Å². The molecule has 0 aromatic heterocycles. The molecule has 2 aromatic carbocycles. The van der Waals surface area contributed by atoms with Crippen LogP contribution in [0, 0.1) is 0 Å². The number of hydrogen-bond acceptors (Lipinski definition) is 2. The fourth-order valence-corrected chi connectivity index (χ4v) is 4.25. The van der Waals surface area contributed by atoms with E-state index < -0.39 is 0 Å². The van der Waals surface area contributed by atoms with E-state index in [0.717, 1.165) is 26.2 Å². The maximum Gasteiger partial charge on any atom is 0.0713 e. The quantitative estimate of drug-likeness (QED) is 0.573. The summed E-state index contributed by atoms with van der Waals surface area (Å²) in [5.74, 6) is 1.06. The molecule has 0 radical (unpaired) electrons. The second kappa shape index (κ2) is 8.75. The highest BCUT2D eigenvalue weighted by molar-refractivity contribution is 5.62.